The van der Waals surface area contributed by atoms with E-state index in [1.807, 2.05) is 6.08 Å². The molecule has 28 heavy (non-hydrogen) atoms. The van der Waals surface area contributed by atoms with Gasteiger partial charge in [-0.25, -0.2) is 9.97 Å². The number of rotatable bonds is 5. The highest BCUT2D eigenvalue weighted by Gasteiger charge is 2.29. The molecule has 4 heterocycles. The second kappa shape index (κ2) is 8.03. The number of amides is 1. The minimum atomic E-state index is -0.210. The number of nitrogens with one attached hydrogen (secondary N) is 2. The Balaban J connectivity index is 1.53. The van der Waals surface area contributed by atoms with E-state index in [1.54, 1.807) is 0 Å². The van der Waals surface area contributed by atoms with Crippen LogP contribution in [0.25, 0.3) is 11.6 Å². The standard InChI is InChI=1S/C20H24ClN5O2/c1-12-14(4-3-5-26-6-8-28-9-7-26)13(2)24-16(12)10-15-17-18(21)22-11-23-19(17)25-20(15)27/h10-11,24H,3-9H2,1-2H3,(H,22,23,25,27)/b15-10-. The van der Waals surface area contributed by atoms with Gasteiger partial charge in [0, 0.05) is 24.5 Å². The molecule has 0 unspecified atom stereocenters. The number of morpholine rings is 1. The maximum absolute atomic E-state index is 12.4. The summed E-state index contributed by atoms with van der Waals surface area (Å²) in [4.78, 5) is 26.4. The number of ether oxygens (including phenoxy) is 1. The largest absolute Gasteiger partial charge is 0.379 e. The molecule has 0 saturated carbocycles. The van der Waals surface area contributed by atoms with Crippen LogP contribution in [0.1, 0.15) is 34.5 Å². The summed E-state index contributed by atoms with van der Waals surface area (Å²) in [6, 6.07) is 0. The molecule has 148 valence electrons. The number of hydrogen-bond donors (Lipinski definition) is 2. The summed E-state index contributed by atoms with van der Waals surface area (Å²) in [5.41, 5.74) is 5.60. The van der Waals surface area contributed by atoms with Gasteiger partial charge < -0.3 is 15.0 Å². The number of halogens is 1. The molecule has 0 atom stereocenters. The van der Waals surface area contributed by atoms with Gasteiger partial charge >= 0.3 is 0 Å². The van der Waals surface area contributed by atoms with Gasteiger partial charge in [0.2, 0.25) is 0 Å². The number of aromatic nitrogens is 3. The third kappa shape index (κ3) is 3.70. The first-order valence-corrected chi connectivity index (χ1v) is 9.94. The number of aryl methyl sites for hydroxylation is 1. The van der Waals surface area contributed by atoms with Crippen molar-refractivity contribution in [2.24, 2.45) is 0 Å². The van der Waals surface area contributed by atoms with E-state index in [1.165, 1.54) is 17.5 Å². The van der Waals surface area contributed by atoms with Crippen LogP contribution in [0, 0.1) is 13.8 Å². The lowest BCUT2D eigenvalue weighted by Crippen LogP contribution is -2.36. The number of H-pyrrole nitrogens is 1. The van der Waals surface area contributed by atoms with Gasteiger partial charge in [0.25, 0.3) is 5.91 Å². The second-order valence-corrected chi connectivity index (χ2v) is 7.58. The van der Waals surface area contributed by atoms with Gasteiger partial charge in [-0.1, -0.05) is 11.6 Å². The Kier molecular flexibility index (Phi) is 5.48. The van der Waals surface area contributed by atoms with Gasteiger partial charge in [-0.05, 0) is 50.4 Å². The van der Waals surface area contributed by atoms with E-state index in [0.29, 0.717) is 17.0 Å². The number of anilines is 1. The minimum Gasteiger partial charge on any atom is -0.379 e. The van der Waals surface area contributed by atoms with E-state index in [0.717, 1.165) is 57.1 Å². The highest BCUT2D eigenvalue weighted by molar-refractivity contribution is 6.40. The molecule has 0 bridgehead atoms. The molecule has 1 saturated heterocycles. The molecule has 7 nitrogen and oxygen atoms in total. The lowest BCUT2D eigenvalue weighted by atomic mass is 10.0. The van der Waals surface area contributed by atoms with Crippen LogP contribution >= 0.6 is 11.6 Å². The predicted molar refractivity (Wildman–Crippen MR) is 109 cm³/mol. The van der Waals surface area contributed by atoms with Gasteiger partial charge in [-0.15, -0.1) is 0 Å². The summed E-state index contributed by atoms with van der Waals surface area (Å²) < 4.78 is 5.41. The highest BCUT2D eigenvalue weighted by Crippen LogP contribution is 2.36. The summed E-state index contributed by atoms with van der Waals surface area (Å²) in [6.07, 6.45) is 5.30. The van der Waals surface area contributed by atoms with E-state index in [-0.39, 0.29) is 11.1 Å². The van der Waals surface area contributed by atoms with E-state index in [9.17, 15) is 4.79 Å². The Hall–Kier alpha value is -2.22. The van der Waals surface area contributed by atoms with Crippen molar-refractivity contribution in [2.45, 2.75) is 26.7 Å². The van der Waals surface area contributed by atoms with Crippen molar-refractivity contribution in [1.29, 1.82) is 0 Å². The van der Waals surface area contributed by atoms with Gasteiger partial charge in [0.15, 0.2) is 0 Å². The molecule has 2 aliphatic rings. The van der Waals surface area contributed by atoms with Crippen LogP contribution in [-0.4, -0.2) is 58.6 Å². The minimum absolute atomic E-state index is 0.210. The Bertz CT molecular complexity index is 931. The SMILES string of the molecule is Cc1[nH]c(/C=C2\C(=O)Nc3ncnc(Cl)c32)c(C)c1CCCN1CCOCC1. The lowest BCUT2D eigenvalue weighted by molar-refractivity contribution is -0.110. The molecule has 8 heteroatoms. The van der Waals surface area contributed by atoms with Crippen LogP contribution < -0.4 is 5.32 Å². The van der Waals surface area contributed by atoms with Gasteiger partial charge in [0.1, 0.15) is 17.3 Å². The van der Waals surface area contributed by atoms with Crippen LogP contribution in [0.3, 0.4) is 0 Å². The quantitative estimate of drug-likeness (QED) is 0.594. The fourth-order valence-corrected chi connectivity index (χ4v) is 4.14. The summed E-state index contributed by atoms with van der Waals surface area (Å²) in [6.45, 7) is 8.94. The van der Waals surface area contributed by atoms with Gasteiger partial charge in [0.05, 0.1) is 24.4 Å². The molecule has 0 aromatic carbocycles. The zero-order valence-corrected chi connectivity index (χ0v) is 16.9. The number of carbonyl (C=O) groups is 1. The average Bonchev–Trinajstić information content (AvgIpc) is 3.14. The molecule has 2 aliphatic heterocycles. The molecular formula is C20H24ClN5O2. The Labute approximate surface area is 169 Å². The van der Waals surface area contributed by atoms with Crippen molar-refractivity contribution in [3.05, 3.63) is 39.6 Å². The van der Waals surface area contributed by atoms with E-state index >= 15 is 0 Å². The second-order valence-electron chi connectivity index (χ2n) is 7.23. The molecule has 1 fully saturated rings. The Morgan fingerprint density at radius 3 is 2.86 bits per heavy atom. The topological polar surface area (TPSA) is 83.1 Å². The van der Waals surface area contributed by atoms with Crippen LogP contribution in [0.4, 0.5) is 5.82 Å². The molecule has 0 radical (unpaired) electrons. The average molecular weight is 402 g/mol. The fourth-order valence-electron chi connectivity index (χ4n) is 3.91. The van der Waals surface area contributed by atoms with Crippen molar-refractivity contribution < 1.29 is 9.53 Å². The van der Waals surface area contributed by atoms with Crippen molar-refractivity contribution in [3.8, 4) is 0 Å². The monoisotopic (exact) mass is 401 g/mol. The van der Waals surface area contributed by atoms with E-state index < -0.39 is 0 Å². The number of nitrogens with zero attached hydrogens (tertiary/aromatic N) is 3. The Morgan fingerprint density at radius 1 is 1.29 bits per heavy atom. The van der Waals surface area contributed by atoms with Crippen LogP contribution in [-0.2, 0) is 16.0 Å². The maximum Gasteiger partial charge on any atom is 0.257 e. The number of hydrogen-bond acceptors (Lipinski definition) is 5. The summed E-state index contributed by atoms with van der Waals surface area (Å²) >= 11 is 6.21. The van der Waals surface area contributed by atoms with Gasteiger partial charge in [-0.3, -0.25) is 9.69 Å². The fraction of sp³-hybridized carbons (Fsp3) is 0.450. The molecule has 0 aliphatic carbocycles. The predicted octanol–water partition coefficient (Wildman–Crippen LogP) is 2.83. The third-order valence-corrected chi connectivity index (χ3v) is 5.76. The summed E-state index contributed by atoms with van der Waals surface area (Å²) in [5.74, 6) is 0.251. The number of aromatic amines is 1. The molecular weight excluding hydrogens is 378 g/mol. The lowest BCUT2D eigenvalue weighted by Gasteiger charge is -2.26. The Morgan fingerprint density at radius 2 is 2.07 bits per heavy atom. The van der Waals surface area contributed by atoms with Crippen LogP contribution in [0.2, 0.25) is 5.15 Å². The number of carbonyl (C=O) groups excluding carboxylic acids is 1. The first-order valence-electron chi connectivity index (χ1n) is 9.56. The first-order chi connectivity index (χ1) is 13.5. The molecule has 2 aromatic rings. The third-order valence-electron chi connectivity index (χ3n) is 5.47. The zero-order valence-electron chi connectivity index (χ0n) is 16.1. The summed E-state index contributed by atoms with van der Waals surface area (Å²) in [5, 5.41) is 3.03. The van der Waals surface area contributed by atoms with Crippen molar-refractivity contribution in [3.63, 3.8) is 0 Å². The number of fused-ring (bicyclic) bond motifs is 1. The van der Waals surface area contributed by atoms with E-state index in [2.05, 4.69) is 39.0 Å². The van der Waals surface area contributed by atoms with Gasteiger partial charge in [-0.2, -0.15) is 0 Å². The maximum atomic E-state index is 12.4. The van der Waals surface area contributed by atoms with E-state index in [4.69, 9.17) is 16.3 Å². The molecule has 2 N–H and O–H groups in total. The first kappa shape index (κ1) is 19.1. The summed E-state index contributed by atoms with van der Waals surface area (Å²) in [7, 11) is 0. The van der Waals surface area contributed by atoms with Crippen molar-refractivity contribution in [1.82, 2.24) is 19.9 Å². The van der Waals surface area contributed by atoms with Crippen molar-refractivity contribution in [2.75, 3.05) is 38.2 Å². The molecule has 0 spiro atoms. The molecule has 1 amide bonds. The van der Waals surface area contributed by atoms with Crippen molar-refractivity contribution >= 4 is 35.0 Å². The van der Waals surface area contributed by atoms with Crippen LogP contribution in [0.5, 0.6) is 0 Å². The highest BCUT2D eigenvalue weighted by atomic mass is 35.5. The zero-order chi connectivity index (χ0) is 19.7. The van der Waals surface area contributed by atoms with Crippen LogP contribution in [0.15, 0.2) is 6.33 Å². The smallest absolute Gasteiger partial charge is 0.257 e. The molecule has 4 rings (SSSR count). The molecule has 2 aromatic heterocycles. The normalized spacial score (nSPS) is 18.5.